The van der Waals surface area contributed by atoms with Gasteiger partial charge in [0.15, 0.2) is 0 Å². The van der Waals surface area contributed by atoms with Crippen LogP contribution in [0.3, 0.4) is 0 Å². The highest BCUT2D eigenvalue weighted by Gasteiger charge is 2.05. The van der Waals surface area contributed by atoms with Crippen LogP contribution in [0.25, 0.3) is 0 Å². The number of carbonyl (C=O) groups is 2. The Kier molecular flexibility index (Phi) is 5.17. The largest absolute Gasteiger partial charge is 0.496 e. The zero-order chi connectivity index (χ0) is 13.5. The summed E-state index contributed by atoms with van der Waals surface area (Å²) in [5.74, 6) is 0.564. The van der Waals surface area contributed by atoms with Gasteiger partial charge >= 0.3 is 0 Å². The Labute approximate surface area is 107 Å². The van der Waals surface area contributed by atoms with Crippen molar-refractivity contribution in [2.24, 2.45) is 0 Å². The smallest absolute Gasteiger partial charge is 0.221 e. The van der Waals surface area contributed by atoms with Gasteiger partial charge < -0.3 is 15.4 Å². The summed E-state index contributed by atoms with van der Waals surface area (Å²) in [6.45, 7) is 3.47. The van der Waals surface area contributed by atoms with Gasteiger partial charge in [-0.15, -0.1) is 0 Å². The number of carbonyl (C=O) groups excluding carboxylic acids is 2. The average Bonchev–Trinajstić information content (AvgIpc) is 2.28. The summed E-state index contributed by atoms with van der Waals surface area (Å²) in [4.78, 5) is 21.8. The molecule has 98 valence electrons. The molecule has 1 aromatic carbocycles. The van der Waals surface area contributed by atoms with Gasteiger partial charge in [-0.2, -0.15) is 0 Å². The maximum atomic E-state index is 11.0. The number of benzene rings is 1. The van der Waals surface area contributed by atoms with Gasteiger partial charge in [-0.05, 0) is 30.2 Å². The van der Waals surface area contributed by atoms with E-state index in [1.165, 1.54) is 13.8 Å². The standard InChI is InChI=1S/C13H18N2O3/c1-9(16)14-7-6-11-8-12(15-10(2)17)4-5-13(11)18-3/h4-5,8H,6-7H2,1-3H3,(H,14,16)(H,15,17). The van der Waals surface area contributed by atoms with Crippen molar-refractivity contribution in [3.8, 4) is 5.75 Å². The summed E-state index contributed by atoms with van der Waals surface area (Å²) in [7, 11) is 1.59. The Balaban J connectivity index is 2.78. The lowest BCUT2D eigenvalue weighted by atomic mass is 10.1. The molecule has 0 radical (unpaired) electrons. The molecule has 0 heterocycles. The first-order valence-electron chi connectivity index (χ1n) is 5.72. The van der Waals surface area contributed by atoms with Crippen molar-refractivity contribution < 1.29 is 14.3 Å². The van der Waals surface area contributed by atoms with Gasteiger partial charge in [0.1, 0.15) is 5.75 Å². The number of hydrogen-bond donors (Lipinski definition) is 2. The molecule has 0 aliphatic heterocycles. The Hall–Kier alpha value is -2.04. The SMILES string of the molecule is COc1ccc(NC(C)=O)cc1CCNC(C)=O. The highest BCUT2D eigenvalue weighted by molar-refractivity contribution is 5.88. The van der Waals surface area contributed by atoms with Gasteiger partial charge in [0, 0.05) is 26.1 Å². The molecule has 0 unspecified atom stereocenters. The molecule has 1 aromatic rings. The zero-order valence-corrected chi connectivity index (χ0v) is 10.9. The monoisotopic (exact) mass is 250 g/mol. The van der Waals surface area contributed by atoms with Gasteiger partial charge in [0.25, 0.3) is 0 Å². The minimum atomic E-state index is -0.118. The van der Waals surface area contributed by atoms with E-state index in [2.05, 4.69) is 10.6 Å². The number of nitrogens with one attached hydrogen (secondary N) is 2. The molecule has 0 aliphatic carbocycles. The fraction of sp³-hybridized carbons (Fsp3) is 0.385. The highest BCUT2D eigenvalue weighted by Crippen LogP contribution is 2.22. The number of anilines is 1. The van der Waals surface area contributed by atoms with Crippen molar-refractivity contribution in [2.75, 3.05) is 19.0 Å². The third kappa shape index (κ3) is 4.45. The zero-order valence-electron chi connectivity index (χ0n) is 10.9. The van der Waals surface area contributed by atoms with Crippen molar-refractivity contribution in [1.82, 2.24) is 5.32 Å². The Morgan fingerprint density at radius 1 is 1.22 bits per heavy atom. The lowest BCUT2D eigenvalue weighted by Crippen LogP contribution is -2.22. The second kappa shape index (κ2) is 6.64. The van der Waals surface area contributed by atoms with E-state index >= 15 is 0 Å². The van der Waals surface area contributed by atoms with Crippen molar-refractivity contribution in [2.45, 2.75) is 20.3 Å². The number of methoxy groups -OCH3 is 1. The second-order valence-electron chi connectivity index (χ2n) is 3.94. The molecule has 2 N–H and O–H groups in total. The topological polar surface area (TPSA) is 67.4 Å². The summed E-state index contributed by atoms with van der Waals surface area (Å²) in [6, 6.07) is 5.43. The van der Waals surface area contributed by atoms with Crippen molar-refractivity contribution in [3.63, 3.8) is 0 Å². The summed E-state index contributed by atoms with van der Waals surface area (Å²) in [5, 5.41) is 5.44. The Morgan fingerprint density at radius 3 is 2.50 bits per heavy atom. The molecule has 0 spiro atoms. The molecular weight excluding hydrogens is 232 g/mol. The molecule has 1 rings (SSSR count). The van der Waals surface area contributed by atoms with Crippen LogP contribution in [0.15, 0.2) is 18.2 Å². The predicted octanol–water partition coefficient (Wildman–Crippen LogP) is 1.33. The van der Waals surface area contributed by atoms with E-state index in [9.17, 15) is 9.59 Å². The fourth-order valence-electron chi connectivity index (χ4n) is 1.63. The number of hydrogen-bond acceptors (Lipinski definition) is 3. The van der Waals surface area contributed by atoms with E-state index in [1.54, 1.807) is 19.2 Å². The third-order valence-electron chi connectivity index (χ3n) is 2.37. The first kappa shape index (κ1) is 14.0. The maximum Gasteiger partial charge on any atom is 0.221 e. The Bertz CT molecular complexity index is 444. The minimum absolute atomic E-state index is 0.0630. The molecule has 0 bridgehead atoms. The van der Waals surface area contributed by atoms with E-state index < -0.39 is 0 Å². The maximum absolute atomic E-state index is 11.0. The number of ether oxygens (including phenoxy) is 1. The van der Waals surface area contributed by atoms with Gasteiger partial charge in [0.05, 0.1) is 7.11 Å². The van der Waals surface area contributed by atoms with Crippen LogP contribution in [-0.4, -0.2) is 25.5 Å². The molecule has 0 fully saturated rings. The van der Waals surface area contributed by atoms with Gasteiger partial charge in [-0.25, -0.2) is 0 Å². The van der Waals surface area contributed by atoms with Crippen LogP contribution in [-0.2, 0) is 16.0 Å². The van der Waals surface area contributed by atoms with E-state index in [0.29, 0.717) is 13.0 Å². The van der Waals surface area contributed by atoms with Gasteiger partial charge in [0.2, 0.25) is 11.8 Å². The van der Waals surface area contributed by atoms with E-state index in [-0.39, 0.29) is 11.8 Å². The van der Waals surface area contributed by atoms with Crippen molar-refractivity contribution in [3.05, 3.63) is 23.8 Å². The second-order valence-corrected chi connectivity index (χ2v) is 3.94. The molecule has 5 heteroatoms. The summed E-state index contributed by atoms with van der Waals surface area (Å²) >= 11 is 0. The quantitative estimate of drug-likeness (QED) is 0.828. The van der Waals surface area contributed by atoms with Crippen LogP contribution in [0.1, 0.15) is 19.4 Å². The lowest BCUT2D eigenvalue weighted by Gasteiger charge is -2.11. The third-order valence-corrected chi connectivity index (χ3v) is 2.37. The first-order valence-corrected chi connectivity index (χ1v) is 5.72. The fourth-order valence-corrected chi connectivity index (χ4v) is 1.63. The van der Waals surface area contributed by atoms with Crippen LogP contribution in [0.4, 0.5) is 5.69 Å². The average molecular weight is 250 g/mol. The molecule has 0 saturated carbocycles. The molecule has 18 heavy (non-hydrogen) atoms. The molecular formula is C13H18N2O3. The van der Waals surface area contributed by atoms with Crippen LogP contribution in [0.2, 0.25) is 0 Å². The van der Waals surface area contributed by atoms with E-state index in [1.807, 2.05) is 6.07 Å². The Morgan fingerprint density at radius 2 is 1.94 bits per heavy atom. The van der Waals surface area contributed by atoms with Gasteiger partial charge in [-0.3, -0.25) is 9.59 Å². The van der Waals surface area contributed by atoms with E-state index in [4.69, 9.17) is 4.74 Å². The van der Waals surface area contributed by atoms with Crippen molar-refractivity contribution in [1.29, 1.82) is 0 Å². The highest BCUT2D eigenvalue weighted by atomic mass is 16.5. The van der Waals surface area contributed by atoms with Gasteiger partial charge in [-0.1, -0.05) is 0 Å². The molecule has 0 saturated heterocycles. The van der Waals surface area contributed by atoms with Crippen molar-refractivity contribution >= 4 is 17.5 Å². The van der Waals surface area contributed by atoms with Crippen LogP contribution in [0, 0.1) is 0 Å². The summed E-state index contributed by atoms with van der Waals surface area (Å²) < 4.78 is 5.24. The molecule has 0 atom stereocenters. The molecule has 0 aliphatic rings. The summed E-state index contributed by atoms with van der Waals surface area (Å²) in [5.41, 5.74) is 1.67. The van der Waals surface area contributed by atoms with Crippen LogP contribution in [0.5, 0.6) is 5.75 Å². The minimum Gasteiger partial charge on any atom is -0.496 e. The lowest BCUT2D eigenvalue weighted by molar-refractivity contribution is -0.119. The number of amides is 2. The first-order chi connectivity index (χ1) is 8.52. The number of rotatable bonds is 5. The summed E-state index contributed by atoms with van der Waals surface area (Å²) in [6.07, 6.45) is 0.649. The molecule has 2 amide bonds. The molecule has 0 aromatic heterocycles. The predicted molar refractivity (Wildman–Crippen MR) is 69.7 cm³/mol. The van der Waals surface area contributed by atoms with E-state index in [0.717, 1.165) is 17.0 Å². The normalized spacial score (nSPS) is 9.72. The molecule has 5 nitrogen and oxygen atoms in total. The van der Waals surface area contributed by atoms with Crippen LogP contribution >= 0.6 is 0 Å². The van der Waals surface area contributed by atoms with Crippen LogP contribution < -0.4 is 15.4 Å².